The quantitative estimate of drug-likeness (QED) is 0.731. The maximum atomic E-state index is 15.8. The average molecular weight is 454 g/mol. The van der Waals surface area contributed by atoms with Gasteiger partial charge in [0, 0.05) is 32.7 Å². The molecule has 3 aliphatic carbocycles. The predicted octanol–water partition coefficient (Wildman–Crippen LogP) is 2.34. The molecule has 5 rings (SSSR count). The van der Waals surface area contributed by atoms with Gasteiger partial charge in [0.15, 0.2) is 0 Å². The van der Waals surface area contributed by atoms with E-state index in [1.807, 2.05) is 4.90 Å². The van der Waals surface area contributed by atoms with E-state index in [0.717, 1.165) is 12.8 Å². The number of fused-ring (bicyclic) bond motifs is 2. The summed E-state index contributed by atoms with van der Waals surface area (Å²) >= 11 is 0. The van der Waals surface area contributed by atoms with Gasteiger partial charge in [0.25, 0.3) is 11.5 Å². The van der Waals surface area contributed by atoms with Gasteiger partial charge in [-0.15, -0.1) is 0 Å². The number of likely N-dealkylation sites (tertiary alicyclic amines) is 1. The highest BCUT2D eigenvalue weighted by atomic mass is 19.3. The second kappa shape index (κ2) is 7.56. The van der Waals surface area contributed by atoms with Gasteiger partial charge >= 0.3 is 5.69 Å². The van der Waals surface area contributed by atoms with Crippen molar-refractivity contribution in [2.24, 2.45) is 17.6 Å². The number of hydrogen-bond donors (Lipinski definition) is 2. The van der Waals surface area contributed by atoms with Crippen LogP contribution in [0, 0.1) is 11.8 Å². The van der Waals surface area contributed by atoms with Crippen molar-refractivity contribution in [3.05, 3.63) is 37.9 Å². The fourth-order valence-electron chi connectivity index (χ4n) is 6.07. The molecule has 0 radical (unpaired) electrons. The van der Waals surface area contributed by atoms with E-state index in [-0.39, 0.29) is 36.1 Å². The molecule has 10 heteroatoms. The highest BCUT2D eigenvalue weighted by molar-refractivity contribution is 5.70. The number of nitrogens with zero attached hydrogens (tertiary/aromatic N) is 2. The smallest absolute Gasteiger partial charge is 0.328 e. The normalized spacial score (nSPS) is 34.9. The SMILES string of the molecule is COC1c2c(c(=O)[nH]c(=O)n2C2CC2)C(C)=C(F)C1N1CC2CCCC(F)(F)C(N)C2C1. The highest BCUT2D eigenvalue weighted by Crippen LogP contribution is 2.48. The summed E-state index contributed by atoms with van der Waals surface area (Å²) in [6.45, 7) is 2.17. The first-order chi connectivity index (χ1) is 15.2. The summed E-state index contributed by atoms with van der Waals surface area (Å²) in [6.07, 6.45) is 1.46. The van der Waals surface area contributed by atoms with Crippen LogP contribution in [0.5, 0.6) is 0 Å². The van der Waals surface area contributed by atoms with Crippen LogP contribution in [0.1, 0.15) is 62.4 Å². The van der Waals surface area contributed by atoms with Crippen LogP contribution in [0.25, 0.3) is 5.57 Å². The third-order valence-corrected chi connectivity index (χ3v) is 7.84. The maximum Gasteiger partial charge on any atom is 0.328 e. The number of allylic oxidation sites excluding steroid dienone is 1. The number of aromatic amines is 1. The molecule has 1 aromatic heterocycles. The van der Waals surface area contributed by atoms with Gasteiger partial charge in [-0.25, -0.2) is 18.0 Å². The summed E-state index contributed by atoms with van der Waals surface area (Å²) < 4.78 is 51.9. The van der Waals surface area contributed by atoms with Crippen LogP contribution in [-0.2, 0) is 4.74 Å². The van der Waals surface area contributed by atoms with Crippen LogP contribution in [0.4, 0.5) is 13.2 Å². The van der Waals surface area contributed by atoms with Gasteiger partial charge in [0.05, 0.1) is 23.3 Å². The molecule has 5 atom stereocenters. The second-order valence-corrected chi connectivity index (χ2v) is 9.75. The number of alkyl halides is 2. The summed E-state index contributed by atoms with van der Waals surface area (Å²) in [5.41, 5.74) is 5.52. The summed E-state index contributed by atoms with van der Waals surface area (Å²) in [7, 11) is 1.42. The number of aromatic nitrogens is 2. The zero-order valence-electron chi connectivity index (χ0n) is 18.2. The van der Waals surface area contributed by atoms with E-state index in [4.69, 9.17) is 10.5 Å². The van der Waals surface area contributed by atoms with E-state index < -0.39 is 47.1 Å². The van der Waals surface area contributed by atoms with Gasteiger partial charge in [-0.1, -0.05) is 0 Å². The van der Waals surface area contributed by atoms with Crippen molar-refractivity contribution in [3.8, 4) is 0 Å². The number of hydrogen-bond acceptors (Lipinski definition) is 5. The Morgan fingerprint density at radius 3 is 2.56 bits per heavy atom. The Kier molecular flexibility index (Phi) is 5.18. The van der Waals surface area contributed by atoms with Crippen LogP contribution >= 0.6 is 0 Å². The van der Waals surface area contributed by atoms with Crippen LogP contribution in [0.15, 0.2) is 15.4 Å². The summed E-state index contributed by atoms with van der Waals surface area (Å²) in [5.74, 6) is -3.98. The van der Waals surface area contributed by atoms with E-state index in [0.29, 0.717) is 25.1 Å². The van der Waals surface area contributed by atoms with Gasteiger partial charge in [-0.05, 0) is 50.0 Å². The maximum absolute atomic E-state index is 15.8. The number of ether oxygens (including phenoxy) is 1. The summed E-state index contributed by atoms with van der Waals surface area (Å²) in [4.78, 5) is 29.4. The van der Waals surface area contributed by atoms with Crippen LogP contribution in [0.3, 0.4) is 0 Å². The molecule has 3 fully saturated rings. The molecule has 7 nitrogen and oxygen atoms in total. The van der Waals surface area contributed by atoms with E-state index in [9.17, 15) is 18.4 Å². The Labute approximate surface area is 183 Å². The van der Waals surface area contributed by atoms with Crippen molar-refractivity contribution < 1.29 is 17.9 Å². The number of halogens is 3. The Bertz CT molecular complexity index is 1080. The van der Waals surface area contributed by atoms with Crippen LogP contribution in [0.2, 0.25) is 0 Å². The van der Waals surface area contributed by atoms with Gasteiger partial charge < -0.3 is 10.5 Å². The lowest BCUT2D eigenvalue weighted by atomic mass is 9.87. The first-order valence-corrected chi connectivity index (χ1v) is 11.3. The van der Waals surface area contributed by atoms with Gasteiger partial charge in [0.1, 0.15) is 11.9 Å². The molecule has 0 bridgehead atoms. The molecule has 1 aliphatic heterocycles. The van der Waals surface area contributed by atoms with Gasteiger partial charge in [0.2, 0.25) is 0 Å². The standard InChI is InChI=1S/C22H29F3N4O3/c1-10-14-16(29(12-5-6-12)21(31)27-20(14)30)18(32-2)17(15(10)23)28-8-11-4-3-7-22(24,25)19(26)13(11)9-28/h11-13,17-19H,3-9,26H2,1-2H3,(H,27,30,31). The lowest BCUT2D eigenvalue weighted by Crippen LogP contribution is -2.49. The molecule has 3 N–H and O–H groups in total. The van der Waals surface area contributed by atoms with Gasteiger partial charge in [-0.3, -0.25) is 19.2 Å². The van der Waals surface area contributed by atoms with Crippen molar-refractivity contribution in [1.82, 2.24) is 14.5 Å². The fourth-order valence-corrected chi connectivity index (χ4v) is 6.07. The molecule has 0 amide bonds. The molecule has 2 heterocycles. The van der Waals surface area contributed by atoms with E-state index >= 15 is 4.39 Å². The molecule has 176 valence electrons. The lowest BCUT2D eigenvalue weighted by molar-refractivity contribution is -0.0470. The average Bonchev–Trinajstić information content (AvgIpc) is 3.49. The molecular weight excluding hydrogens is 425 g/mol. The predicted molar refractivity (Wildman–Crippen MR) is 112 cm³/mol. The highest BCUT2D eigenvalue weighted by Gasteiger charge is 2.53. The Morgan fingerprint density at radius 2 is 1.91 bits per heavy atom. The molecule has 4 aliphatic rings. The van der Waals surface area contributed by atoms with Crippen molar-refractivity contribution in [1.29, 1.82) is 0 Å². The molecule has 32 heavy (non-hydrogen) atoms. The molecule has 1 aromatic rings. The fraction of sp³-hybridized carbons (Fsp3) is 0.727. The largest absolute Gasteiger partial charge is 0.373 e. The molecule has 0 aromatic carbocycles. The molecular formula is C22H29F3N4O3. The third kappa shape index (κ3) is 3.21. The molecule has 0 spiro atoms. The first-order valence-electron chi connectivity index (χ1n) is 11.3. The Balaban J connectivity index is 1.58. The van der Waals surface area contributed by atoms with Crippen LogP contribution < -0.4 is 17.0 Å². The van der Waals surface area contributed by atoms with Crippen molar-refractivity contribution in [2.45, 2.75) is 69.2 Å². The number of H-pyrrole nitrogens is 1. The number of rotatable bonds is 3. The van der Waals surface area contributed by atoms with Crippen molar-refractivity contribution >= 4 is 5.57 Å². The minimum Gasteiger partial charge on any atom is -0.373 e. The minimum atomic E-state index is -2.95. The number of nitrogens with one attached hydrogen (secondary N) is 1. The summed E-state index contributed by atoms with van der Waals surface area (Å²) in [6, 6.07) is -2.24. The Hall–Kier alpha value is -1.91. The monoisotopic (exact) mass is 454 g/mol. The number of nitrogens with two attached hydrogens (primary N) is 1. The van der Waals surface area contributed by atoms with Gasteiger partial charge in [-0.2, -0.15) is 0 Å². The molecule has 5 unspecified atom stereocenters. The van der Waals surface area contributed by atoms with Crippen LogP contribution in [-0.4, -0.2) is 52.7 Å². The topological polar surface area (TPSA) is 93.3 Å². The molecule has 1 saturated heterocycles. The summed E-state index contributed by atoms with van der Waals surface area (Å²) in [5, 5.41) is 0. The van der Waals surface area contributed by atoms with E-state index in [1.165, 1.54) is 18.6 Å². The molecule has 2 saturated carbocycles. The van der Waals surface area contributed by atoms with E-state index in [2.05, 4.69) is 4.98 Å². The Morgan fingerprint density at radius 1 is 1.19 bits per heavy atom. The first kappa shape index (κ1) is 21.9. The zero-order chi connectivity index (χ0) is 22.9. The third-order valence-electron chi connectivity index (χ3n) is 7.84. The minimum absolute atomic E-state index is 0.0582. The zero-order valence-corrected chi connectivity index (χ0v) is 18.2. The van der Waals surface area contributed by atoms with E-state index in [1.54, 1.807) is 0 Å². The number of methoxy groups -OCH3 is 1. The lowest BCUT2D eigenvalue weighted by Gasteiger charge is -2.39. The van der Waals surface area contributed by atoms with Crippen molar-refractivity contribution in [3.63, 3.8) is 0 Å². The second-order valence-electron chi connectivity index (χ2n) is 9.75. The van der Waals surface area contributed by atoms with Crippen molar-refractivity contribution in [2.75, 3.05) is 20.2 Å².